The minimum absolute atomic E-state index is 0.236. The molecular weight excluding hydrogens is 192 g/mol. The van der Waals surface area contributed by atoms with Crippen LogP contribution in [-0.2, 0) is 4.79 Å². The van der Waals surface area contributed by atoms with Crippen LogP contribution in [0.25, 0.3) is 0 Å². The second-order valence-electron chi connectivity index (χ2n) is 2.12. The second-order valence-corrected chi connectivity index (χ2v) is 2.51. The number of isocyanates is 1. The summed E-state index contributed by atoms with van der Waals surface area (Å²) in [5, 5.41) is 0.236. The van der Waals surface area contributed by atoms with Crippen molar-refractivity contribution in [3.05, 3.63) is 17.3 Å². The lowest BCUT2D eigenvalue weighted by molar-refractivity contribution is 0.327. The van der Waals surface area contributed by atoms with Crippen LogP contribution in [0.2, 0.25) is 5.15 Å². The smallest absolute Gasteiger partial charge is 0.240 e. The highest BCUT2D eigenvalue weighted by Gasteiger charge is 2.00. The Hall–Kier alpha value is -1.38. The molecule has 68 valence electrons. The van der Waals surface area contributed by atoms with Gasteiger partial charge in [0.15, 0.2) is 0 Å². The van der Waals surface area contributed by atoms with E-state index < -0.39 is 0 Å². The summed E-state index contributed by atoms with van der Waals surface area (Å²) in [6, 6.07) is 2.97. The molecule has 1 heterocycles. The number of hydrogen-bond acceptors (Lipinski definition) is 4. The maximum Gasteiger partial charge on any atom is 0.240 e. The standard InChI is InChI=1S/C8H7ClN2O2/c1-2-13-8-4-6(10-5-12)3-7(9)11-8/h3-4H,2H2,1H3. The van der Waals surface area contributed by atoms with Crippen molar-refractivity contribution in [1.82, 2.24) is 4.98 Å². The van der Waals surface area contributed by atoms with Gasteiger partial charge in [-0.1, -0.05) is 11.6 Å². The third-order valence-electron chi connectivity index (χ3n) is 1.22. The molecule has 0 radical (unpaired) electrons. The minimum atomic E-state index is 0.236. The van der Waals surface area contributed by atoms with Crippen LogP contribution < -0.4 is 4.74 Å². The van der Waals surface area contributed by atoms with Gasteiger partial charge < -0.3 is 4.74 Å². The Labute approximate surface area is 80.2 Å². The van der Waals surface area contributed by atoms with E-state index in [2.05, 4.69) is 9.98 Å². The lowest BCUT2D eigenvalue weighted by atomic mass is 10.4. The van der Waals surface area contributed by atoms with Gasteiger partial charge in [-0.25, -0.2) is 9.78 Å². The largest absolute Gasteiger partial charge is 0.478 e. The van der Waals surface area contributed by atoms with Crippen LogP contribution in [0.5, 0.6) is 5.88 Å². The molecule has 0 spiro atoms. The number of aliphatic imine (C=N–C) groups is 1. The van der Waals surface area contributed by atoms with Crippen molar-refractivity contribution < 1.29 is 9.53 Å². The van der Waals surface area contributed by atoms with E-state index >= 15 is 0 Å². The van der Waals surface area contributed by atoms with Gasteiger partial charge in [-0.3, -0.25) is 0 Å². The highest BCUT2D eigenvalue weighted by molar-refractivity contribution is 6.29. The van der Waals surface area contributed by atoms with Crippen molar-refractivity contribution in [3.8, 4) is 5.88 Å². The molecule has 0 aromatic carbocycles. The van der Waals surface area contributed by atoms with Crippen LogP contribution >= 0.6 is 11.6 Å². The van der Waals surface area contributed by atoms with E-state index in [1.54, 1.807) is 0 Å². The number of aromatic nitrogens is 1. The van der Waals surface area contributed by atoms with Gasteiger partial charge in [-0.15, -0.1) is 0 Å². The number of rotatable bonds is 3. The first-order chi connectivity index (χ1) is 6.26. The van der Waals surface area contributed by atoms with Crippen LogP contribution in [0.4, 0.5) is 5.69 Å². The SMILES string of the molecule is CCOc1cc(N=C=O)cc(Cl)n1. The quantitative estimate of drug-likeness (QED) is 0.425. The molecule has 0 fully saturated rings. The Kier molecular flexibility index (Phi) is 3.43. The zero-order valence-corrected chi connectivity index (χ0v) is 7.71. The Morgan fingerprint density at radius 3 is 3.08 bits per heavy atom. The Morgan fingerprint density at radius 1 is 1.69 bits per heavy atom. The first-order valence-electron chi connectivity index (χ1n) is 3.64. The molecule has 0 aliphatic rings. The summed E-state index contributed by atoms with van der Waals surface area (Å²) in [6.07, 6.45) is 1.41. The summed E-state index contributed by atoms with van der Waals surface area (Å²) in [5.41, 5.74) is 0.387. The molecule has 13 heavy (non-hydrogen) atoms. The molecule has 0 bridgehead atoms. The summed E-state index contributed by atoms with van der Waals surface area (Å²) in [7, 11) is 0. The average molecular weight is 199 g/mol. The fourth-order valence-corrected chi connectivity index (χ4v) is 0.994. The highest BCUT2D eigenvalue weighted by Crippen LogP contribution is 2.21. The van der Waals surface area contributed by atoms with Crippen LogP contribution in [0.1, 0.15) is 6.92 Å². The van der Waals surface area contributed by atoms with Crippen LogP contribution in [0.3, 0.4) is 0 Å². The molecule has 0 aliphatic heterocycles. The van der Waals surface area contributed by atoms with Gasteiger partial charge in [-0.2, -0.15) is 4.99 Å². The number of hydrogen-bond donors (Lipinski definition) is 0. The van der Waals surface area contributed by atoms with E-state index in [9.17, 15) is 4.79 Å². The van der Waals surface area contributed by atoms with Gasteiger partial charge in [0, 0.05) is 12.1 Å². The molecule has 0 saturated heterocycles. The fraction of sp³-hybridized carbons (Fsp3) is 0.250. The molecule has 0 atom stereocenters. The van der Waals surface area contributed by atoms with E-state index in [0.29, 0.717) is 18.2 Å². The molecule has 0 aliphatic carbocycles. The third-order valence-corrected chi connectivity index (χ3v) is 1.42. The lowest BCUT2D eigenvalue weighted by Gasteiger charge is -2.01. The summed E-state index contributed by atoms with van der Waals surface area (Å²) >= 11 is 5.64. The monoisotopic (exact) mass is 198 g/mol. The van der Waals surface area contributed by atoms with Crippen LogP contribution in [0.15, 0.2) is 17.1 Å². The summed E-state index contributed by atoms with van der Waals surface area (Å²) in [6.45, 7) is 2.31. The summed E-state index contributed by atoms with van der Waals surface area (Å²) < 4.78 is 5.09. The van der Waals surface area contributed by atoms with Crippen molar-refractivity contribution in [3.63, 3.8) is 0 Å². The van der Waals surface area contributed by atoms with Gasteiger partial charge in [0.05, 0.1) is 12.3 Å². The normalized spacial score (nSPS) is 9.08. The molecule has 5 heteroatoms. The van der Waals surface area contributed by atoms with Gasteiger partial charge in [0.2, 0.25) is 12.0 Å². The minimum Gasteiger partial charge on any atom is -0.478 e. The maximum atomic E-state index is 9.96. The zero-order valence-electron chi connectivity index (χ0n) is 6.95. The molecule has 4 nitrogen and oxygen atoms in total. The predicted molar refractivity (Wildman–Crippen MR) is 48.2 cm³/mol. The highest BCUT2D eigenvalue weighted by atomic mass is 35.5. The van der Waals surface area contributed by atoms with Crippen molar-refractivity contribution in [2.45, 2.75) is 6.92 Å². The summed E-state index contributed by atoms with van der Waals surface area (Å²) in [4.78, 5) is 17.2. The van der Waals surface area contributed by atoms with Crippen molar-refractivity contribution in [1.29, 1.82) is 0 Å². The lowest BCUT2D eigenvalue weighted by Crippen LogP contribution is -1.93. The molecule has 1 rings (SSSR count). The molecule has 0 amide bonds. The number of halogens is 1. The second kappa shape index (κ2) is 4.60. The zero-order chi connectivity index (χ0) is 9.68. The topological polar surface area (TPSA) is 51.5 Å². The third kappa shape index (κ3) is 2.86. The van der Waals surface area contributed by atoms with Gasteiger partial charge >= 0.3 is 0 Å². The Morgan fingerprint density at radius 2 is 2.46 bits per heavy atom. The van der Waals surface area contributed by atoms with E-state index in [1.807, 2.05) is 6.92 Å². The number of ether oxygens (including phenoxy) is 1. The first kappa shape index (κ1) is 9.71. The van der Waals surface area contributed by atoms with E-state index in [1.165, 1.54) is 18.2 Å². The molecular formula is C8H7ClN2O2. The number of carbonyl (C=O) groups excluding carboxylic acids is 1. The molecule has 0 unspecified atom stereocenters. The Balaban J connectivity index is 3.03. The van der Waals surface area contributed by atoms with Gasteiger partial charge in [0.25, 0.3) is 0 Å². The molecule has 0 saturated carbocycles. The van der Waals surface area contributed by atoms with Crippen molar-refractivity contribution in [2.75, 3.05) is 6.61 Å². The van der Waals surface area contributed by atoms with Crippen molar-refractivity contribution in [2.24, 2.45) is 4.99 Å². The molecule has 1 aromatic heterocycles. The van der Waals surface area contributed by atoms with Gasteiger partial charge in [0.1, 0.15) is 5.15 Å². The molecule has 0 N–H and O–H groups in total. The maximum absolute atomic E-state index is 9.96. The first-order valence-corrected chi connectivity index (χ1v) is 4.02. The number of pyridine rings is 1. The van der Waals surface area contributed by atoms with Gasteiger partial charge in [-0.05, 0) is 6.92 Å². The van der Waals surface area contributed by atoms with E-state index in [0.717, 1.165) is 0 Å². The number of nitrogens with zero attached hydrogens (tertiary/aromatic N) is 2. The average Bonchev–Trinajstić information content (AvgIpc) is 2.04. The fourth-order valence-electron chi connectivity index (χ4n) is 0.799. The molecule has 1 aromatic rings. The van der Waals surface area contributed by atoms with E-state index in [-0.39, 0.29) is 5.15 Å². The predicted octanol–water partition coefficient (Wildman–Crippen LogP) is 2.10. The summed E-state index contributed by atoms with van der Waals surface area (Å²) in [5.74, 6) is 0.351. The van der Waals surface area contributed by atoms with Crippen LogP contribution in [0, 0.1) is 0 Å². The van der Waals surface area contributed by atoms with Crippen molar-refractivity contribution >= 4 is 23.4 Å². The van der Waals surface area contributed by atoms with Crippen LogP contribution in [-0.4, -0.2) is 17.7 Å². The van der Waals surface area contributed by atoms with E-state index in [4.69, 9.17) is 16.3 Å². The Bertz CT molecular complexity index is 348.